The number of hydrogen-bond acceptors (Lipinski definition) is 4. The van der Waals surface area contributed by atoms with Crippen LogP contribution in [0.1, 0.15) is 43.0 Å². The van der Waals surface area contributed by atoms with Gasteiger partial charge in [0.25, 0.3) is 0 Å². The number of aliphatic imine (C=N–C) groups is 1. The number of benzene rings is 3. The van der Waals surface area contributed by atoms with E-state index in [2.05, 4.69) is 6.07 Å². The van der Waals surface area contributed by atoms with E-state index in [1.165, 1.54) is 0 Å². The molecule has 1 unspecified atom stereocenters. The molecule has 0 spiro atoms. The van der Waals surface area contributed by atoms with Gasteiger partial charge in [0.05, 0.1) is 17.3 Å². The van der Waals surface area contributed by atoms with E-state index in [4.69, 9.17) is 9.73 Å². The highest BCUT2D eigenvalue weighted by Crippen LogP contribution is 2.19. The Morgan fingerprint density at radius 3 is 1.94 bits per heavy atom. The third-order valence-electron chi connectivity index (χ3n) is 4.61. The molecule has 3 aromatic carbocycles. The third kappa shape index (κ3) is 6.13. The summed E-state index contributed by atoms with van der Waals surface area (Å²) in [6, 6.07) is 28.3. The molecular formula is C27H26N2O2. The Hall–Kier alpha value is -3.71. The summed E-state index contributed by atoms with van der Waals surface area (Å²) < 4.78 is 5.69. The minimum Gasteiger partial charge on any atom is -0.458 e. The summed E-state index contributed by atoms with van der Waals surface area (Å²) in [5.74, 6) is -0.412. The number of carbonyl (C=O) groups excluding carboxylic acids is 1. The highest BCUT2D eigenvalue weighted by molar-refractivity contribution is 6.13. The highest BCUT2D eigenvalue weighted by Gasteiger charge is 2.27. The predicted octanol–water partition coefficient (Wildman–Crippen LogP) is 5.35. The topological polar surface area (TPSA) is 62.5 Å². The van der Waals surface area contributed by atoms with Crippen molar-refractivity contribution in [1.82, 2.24) is 0 Å². The molecule has 31 heavy (non-hydrogen) atoms. The zero-order chi connectivity index (χ0) is 22.3. The fourth-order valence-electron chi connectivity index (χ4n) is 3.23. The quantitative estimate of drug-likeness (QED) is 0.407. The SMILES string of the molecule is CC(C)(C)OC(=O)C(Cc1ccccc1C#N)N=C(c1ccccc1)c1ccccc1. The number of ether oxygens (including phenoxy) is 1. The molecule has 0 aliphatic rings. The fraction of sp³-hybridized carbons (Fsp3) is 0.222. The van der Waals surface area contributed by atoms with Crippen molar-refractivity contribution >= 4 is 11.7 Å². The van der Waals surface area contributed by atoms with Crippen molar-refractivity contribution in [3.8, 4) is 6.07 Å². The molecule has 1 atom stereocenters. The highest BCUT2D eigenvalue weighted by atomic mass is 16.6. The van der Waals surface area contributed by atoms with E-state index in [9.17, 15) is 10.1 Å². The number of nitriles is 1. The van der Waals surface area contributed by atoms with E-state index in [0.29, 0.717) is 11.3 Å². The van der Waals surface area contributed by atoms with E-state index in [1.54, 1.807) is 6.07 Å². The average molecular weight is 411 g/mol. The van der Waals surface area contributed by atoms with Crippen molar-refractivity contribution in [3.63, 3.8) is 0 Å². The van der Waals surface area contributed by atoms with Crippen LogP contribution in [-0.2, 0) is 16.0 Å². The maximum Gasteiger partial charge on any atom is 0.331 e. The molecular weight excluding hydrogens is 384 g/mol. The van der Waals surface area contributed by atoms with Gasteiger partial charge in [-0.3, -0.25) is 4.99 Å². The lowest BCUT2D eigenvalue weighted by atomic mass is 9.98. The van der Waals surface area contributed by atoms with E-state index in [0.717, 1.165) is 16.7 Å². The summed E-state index contributed by atoms with van der Waals surface area (Å²) in [7, 11) is 0. The first-order valence-corrected chi connectivity index (χ1v) is 10.3. The second-order valence-electron chi connectivity index (χ2n) is 8.23. The van der Waals surface area contributed by atoms with Crippen molar-refractivity contribution in [3.05, 3.63) is 107 Å². The fourth-order valence-corrected chi connectivity index (χ4v) is 3.23. The second kappa shape index (κ2) is 9.86. The van der Waals surface area contributed by atoms with Gasteiger partial charge in [-0.2, -0.15) is 5.26 Å². The van der Waals surface area contributed by atoms with Gasteiger partial charge in [-0.1, -0.05) is 78.9 Å². The van der Waals surface area contributed by atoms with Gasteiger partial charge in [-0.05, 0) is 32.4 Å². The lowest BCUT2D eigenvalue weighted by Crippen LogP contribution is -2.33. The van der Waals surface area contributed by atoms with Gasteiger partial charge in [-0.25, -0.2) is 4.79 Å². The molecule has 0 aromatic heterocycles. The van der Waals surface area contributed by atoms with Crippen molar-refractivity contribution in [2.24, 2.45) is 4.99 Å². The van der Waals surface area contributed by atoms with Crippen LogP contribution in [0.25, 0.3) is 0 Å². The first-order chi connectivity index (χ1) is 14.9. The summed E-state index contributed by atoms with van der Waals surface area (Å²) in [6.45, 7) is 5.51. The van der Waals surface area contributed by atoms with E-state index >= 15 is 0 Å². The Bertz CT molecular complexity index is 1050. The van der Waals surface area contributed by atoms with E-state index in [1.807, 2.05) is 99.6 Å². The van der Waals surface area contributed by atoms with Crippen molar-refractivity contribution in [2.75, 3.05) is 0 Å². The van der Waals surface area contributed by atoms with Gasteiger partial charge < -0.3 is 4.74 Å². The molecule has 0 heterocycles. The Morgan fingerprint density at radius 2 is 1.42 bits per heavy atom. The van der Waals surface area contributed by atoms with Crippen molar-refractivity contribution in [2.45, 2.75) is 38.8 Å². The summed E-state index contributed by atoms with van der Waals surface area (Å²) in [4.78, 5) is 18.1. The van der Waals surface area contributed by atoms with Crippen LogP contribution < -0.4 is 0 Å². The van der Waals surface area contributed by atoms with Gasteiger partial charge in [0.2, 0.25) is 0 Å². The Balaban J connectivity index is 2.10. The maximum absolute atomic E-state index is 13.1. The van der Waals surface area contributed by atoms with Gasteiger partial charge in [-0.15, -0.1) is 0 Å². The van der Waals surface area contributed by atoms with Crippen LogP contribution in [-0.4, -0.2) is 23.3 Å². The first-order valence-electron chi connectivity index (χ1n) is 10.3. The smallest absolute Gasteiger partial charge is 0.331 e. The standard InChI is InChI=1S/C27H26N2O2/c1-27(2,3)31-26(30)24(18-22-16-10-11-17-23(22)19-28)29-25(20-12-6-4-7-13-20)21-14-8-5-9-15-21/h4-17,24H,18H2,1-3H3. The molecule has 3 aromatic rings. The predicted molar refractivity (Wildman–Crippen MR) is 123 cm³/mol. The Kier molecular flexibility index (Phi) is 6.99. The van der Waals surface area contributed by atoms with Crippen LogP contribution in [0.5, 0.6) is 0 Å². The largest absolute Gasteiger partial charge is 0.458 e. The zero-order valence-electron chi connectivity index (χ0n) is 18.1. The van der Waals surface area contributed by atoms with Crippen LogP contribution >= 0.6 is 0 Å². The minimum absolute atomic E-state index is 0.280. The summed E-state index contributed by atoms with van der Waals surface area (Å²) >= 11 is 0. The molecule has 0 aliphatic heterocycles. The molecule has 0 saturated heterocycles. The monoisotopic (exact) mass is 410 g/mol. The van der Waals surface area contributed by atoms with Crippen molar-refractivity contribution in [1.29, 1.82) is 5.26 Å². The van der Waals surface area contributed by atoms with Gasteiger partial charge in [0, 0.05) is 17.5 Å². The second-order valence-corrected chi connectivity index (χ2v) is 8.23. The number of rotatable bonds is 6. The Morgan fingerprint density at radius 1 is 0.903 bits per heavy atom. The number of hydrogen-bond donors (Lipinski definition) is 0. The van der Waals surface area contributed by atoms with Gasteiger partial charge >= 0.3 is 5.97 Å². The molecule has 0 aliphatic carbocycles. The molecule has 156 valence electrons. The minimum atomic E-state index is -0.788. The molecule has 0 saturated carbocycles. The summed E-state index contributed by atoms with van der Waals surface area (Å²) in [5, 5.41) is 9.49. The normalized spacial score (nSPS) is 11.8. The first kappa shape index (κ1) is 22.0. The van der Waals surface area contributed by atoms with E-state index in [-0.39, 0.29) is 6.42 Å². The lowest BCUT2D eigenvalue weighted by Gasteiger charge is -2.23. The summed E-state index contributed by atoms with van der Waals surface area (Å²) in [5.41, 5.74) is 3.20. The van der Waals surface area contributed by atoms with Crippen LogP contribution in [0.3, 0.4) is 0 Å². The van der Waals surface area contributed by atoms with Crippen LogP contribution in [0.4, 0.5) is 0 Å². The molecule has 0 radical (unpaired) electrons. The molecule has 4 heteroatoms. The van der Waals surface area contributed by atoms with Crippen LogP contribution in [0, 0.1) is 11.3 Å². The van der Waals surface area contributed by atoms with Crippen LogP contribution in [0.15, 0.2) is 89.9 Å². The molecule has 0 amide bonds. The lowest BCUT2D eigenvalue weighted by molar-refractivity contribution is -0.156. The molecule has 3 rings (SSSR count). The van der Waals surface area contributed by atoms with Crippen LogP contribution in [0.2, 0.25) is 0 Å². The number of esters is 1. The van der Waals surface area contributed by atoms with E-state index < -0.39 is 17.6 Å². The van der Waals surface area contributed by atoms with Gasteiger partial charge in [0.15, 0.2) is 6.04 Å². The Labute approximate surface area is 183 Å². The summed E-state index contributed by atoms with van der Waals surface area (Å²) in [6.07, 6.45) is 0.280. The maximum atomic E-state index is 13.1. The number of carbonyl (C=O) groups is 1. The molecule has 0 fully saturated rings. The van der Waals surface area contributed by atoms with Crippen molar-refractivity contribution < 1.29 is 9.53 Å². The zero-order valence-corrected chi connectivity index (χ0v) is 18.1. The molecule has 0 N–H and O–H groups in total. The van der Waals surface area contributed by atoms with Gasteiger partial charge in [0.1, 0.15) is 5.60 Å². The number of nitrogens with zero attached hydrogens (tertiary/aromatic N) is 2. The third-order valence-corrected chi connectivity index (χ3v) is 4.61. The molecule has 0 bridgehead atoms. The average Bonchev–Trinajstić information content (AvgIpc) is 2.77. The molecule has 4 nitrogen and oxygen atoms in total.